The highest BCUT2D eigenvalue weighted by Gasteiger charge is 2.30. The zero-order chi connectivity index (χ0) is 14.5. The van der Waals surface area contributed by atoms with Crippen LogP contribution in [0.2, 0.25) is 0 Å². The molecule has 1 atom stereocenters. The van der Waals surface area contributed by atoms with Crippen LogP contribution in [0.3, 0.4) is 0 Å². The van der Waals surface area contributed by atoms with E-state index in [9.17, 15) is 4.79 Å². The molecule has 0 aliphatic carbocycles. The Morgan fingerprint density at radius 1 is 1.45 bits per heavy atom. The van der Waals surface area contributed by atoms with E-state index in [1.165, 1.54) is 0 Å². The number of nitrogens with one attached hydrogen (secondary N) is 1. The Morgan fingerprint density at radius 2 is 2.20 bits per heavy atom. The van der Waals surface area contributed by atoms with Crippen molar-refractivity contribution in [2.24, 2.45) is 5.84 Å². The van der Waals surface area contributed by atoms with Crippen LogP contribution >= 0.6 is 0 Å². The molecule has 1 unspecified atom stereocenters. The monoisotopic (exact) mass is 278 g/mol. The second-order valence-corrected chi connectivity index (χ2v) is 4.86. The number of amides is 1. The first kappa shape index (κ1) is 14.7. The van der Waals surface area contributed by atoms with Gasteiger partial charge in [-0.3, -0.25) is 9.69 Å². The third-order valence-corrected chi connectivity index (χ3v) is 3.81. The Bertz CT molecular complexity index is 445. The molecule has 110 valence electrons. The lowest BCUT2D eigenvalue weighted by atomic mass is 10.2. The minimum absolute atomic E-state index is 0.0595. The molecule has 1 aliphatic heterocycles. The molecule has 2 heterocycles. The fraction of sp³-hybridized carbons (Fsp3) is 0.615. The van der Waals surface area contributed by atoms with Crippen LogP contribution in [0.25, 0.3) is 0 Å². The average Bonchev–Trinajstić information content (AvgIpc) is 2.97. The van der Waals surface area contributed by atoms with Gasteiger partial charge in [0.2, 0.25) is 0 Å². The van der Waals surface area contributed by atoms with Crippen molar-refractivity contribution in [2.75, 3.05) is 31.6 Å². The van der Waals surface area contributed by atoms with Crippen molar-refractivity contribution in [3.8, 4) is 0 Å². The number of hydrogen-bond acceptors (Lipinski definition) is 6. The first-order chi connectivity index (χ1) is 9.69. The van der Waals surface area contributed by atoms with Crippen LogP contribution in [-0.2, 0) is 0 Å². The molecule has 3 N–H and O–H groups in total. The second-order valence-electron chi connectivity index (χ2n) is 4.86. The summed E-state index contributed by atoms with van der Waals surface area (Å²) in [5, 5.41) is 7.74. The third-order valence-electron chi connectivity index (χ3n) is 3.81. The van der Waals surface area contributed by atoms with Gasteiger partial charge in [0, 0.05) is 19.1 Å². The predicted octanol–water partition coefficient (Wildman–Crippen LogP) is 0.319. The van der Waals surface area contributed by atoms with Crippen LogP contribution in [-0.4, -0.2) is 58.1 Å². The Labute approximate surface area is 119 Å². The van der Waals surface area contributed by atoms with Crippen molar-refractivity contribution in [3.63, 3.8) is 0 Å². The molecule has 1 aromatic rings. The van der Waals surface area contributed by atoms with Crippen LogP contribution < -0.4 is 11.3 Å². The number of carbonyl (C=O) groups is 1. The van der Waals surface area contributed by atoms with E-state index >= 15 is 0 Å². The molecule has 0 saturated carbocycles. The molecule has 1 fully saturated rings. The van der Waals surface area contributed by atoms with Gasteiger partial charge >= 0.3 is 0 Å². The van der Waals surface area contributed by atoms with Crippen molar-refractivity contribution in [2.45, 2.75) is 26.3 Å². The Kier molecular flexibility index (Phi) is 4.86. The Morgan fingerprint density at radius 3 is 2.75 bits per heavy atom. The molecular formula is C13H22N6O. The maximum absolute atomic E-state index is 12.3. The van der Waals surface area contributed by atoms with Gasteiger partial charge in [-0.2, -0.15) is 0 Å². The molecule has 0 spiro atoms. The fourth-order valence-corrected chi connectivity index (χ4v) is 2.65. The fourth-order valence-electron chi connectivity index (χ4n) is 2.65. The summed E-state index contributed by atoms with van der Waals surface area (Å²) in [6.45, 7) is 7.87. The first-order valence-electron chi connectivity index (χ1n) is 7.03. The van der Waals surface area contributed by atoms with Gasteiger partial charge in [-0.05, 0) is 31.6 Å². The Balaban J connectivity index is 2.00. The number of carbonyl (C=O) groups excluding carboxylic acids is 1. The van der Waals surface area contributed by atoms with Gasteiger partial charge in [0.05, 0.1) is 0 Å². The number of anilines is 1. The minimum atomic E-state index is -0.0595. The van der Waals surface area contributed by atoms with E-state index in [0.717, 1.165) is 32.6 Å². The first-order valence-corrected chi connectivity index (χ1v) is 7.03. The smallest absolute Gasteiger partial charge is 0.274 e. The highest BCUT2D eigenvalue weighted by atomic mass is 16.2. The van der Waals surface area contributed by atoms with Crippen molar-refractivity contribution >= 4 is 11.7 Å². The Hall–Kier alpha value is -1.73. The van der Waals surface area contributed by atoms with E-state index in [0.29, 0.717) is 17.6 Å². The lowest BCUT2D eigenvalue weighted by Crippen LogP contribution is -2.38. The van der Waals surface area contributed by atoms with Crippen LogP contribution in [0.4, 0.5) is 5.82 Å². The van der Waals surface area contributed by atoms with Crippen LogP contribution in [0.15, 0.2) is 12.1 Å². The average molecular weight is 278 g/mol. The summed E-state index contributed by atoms with van der Waals surface area (Å²) >= 11 is 0. The number of nitrogens with two attached hydrogens (primary N) is 1. The normalized spacial score (nSPS) is 18.6. The number of rotatable bonds is 5. The van der Waals surface area contributed by atoms with Gasteiger partial charge in [0.15, 0.2) is 11.5 Å². The molecule has 0 bridgehead atoms. The van der Waals surface area contributed by atoms with Gasteiger partial charge in [-0.1, -0.05) is 13.8 Å². The van der Waals surface area contributed by atoms with Crippen LogP contribution in [0.1, 0.15) is 30.8 Å². The highest BCUT2D eigenvalue weighted by molar-refractivity contribution is 5.92. The van der Waals surface area contributed by atoms with Gasteiger partial charge in [0.1, 0.15) is 0 Å². The van der Waals surface area contributed by atoms with Crippen LogP contribution in [0, 0.1) is 0 Å². The van der Waals surface area contributed by atoms with Gasteiger partial charge in [0.25, 0.3) is 5.91 Å². The predicted molar refractivity (Wildman–Crippen MR) is 77.1 cm³/mol. The maximum atomic E-state index is 12.3. The summed E-state index contributed by atoms with van der Waals surface area (Å²) in [7, 11) is 0. The SMILES string of the molecule is CCN(CC)C1CCN(C(=O)c2ccc(NN)nn2)C1. The van der Waals surface area contributed by atoms with Gasteiger partial charge in [-0.25, -0.2) is 5.84 Å². The standard InChI is InChI=1S/C13H22N6O/c1-3-18(4-2)10-7-8-19(9-10)13(20)11-5-6-12(15-14)17-16-11/h5-6,10H,3-4,7-9,14H2,1-2H3,(H,15,17). The number of hydrazine groups is 1. The van der Waals surface area contributed by atoms with Crippen molar-refractivity contribution < 1.29 is 4.79 Å². The van der Waals surface area contributed by atoms with E-state index < -0.39 is 0 Å². The molecule has 0 radical (unpaired) electrons. The van der Waals surface area contributed by atoms with E-state index in [1.807, 2.05) is 4.90 Å². The van der Waals surface area contributed by atoms with E-state index in [2.05, 4.69) is 34.4 Å². The summed E-state index contributed by atoms with van der Waals surface area (Å²) in [4.78, 5) is 16.6. The summed E-state index contributed by atoms with van der Waals surface area (Å²) in [6.07, 6.45) is 1.02. The summed E-state index contributed by atoms with van der Waals surface area (Å²) < 4.78 is 0. The molecule has 1 saturated heterocycles. The number of hydrogen-bond donors (Lipinski definition) is 2. The van der Waals surface area contributed by atoms with E-state index in [-0.39, 0.29) is 5.91 Å². The largest absolute Gasteiger partial charge is 0.336 e. The number of nitrogen functional groups attached to an aromatic ring is 1. The lowest BCUT2D eigenvalue weighted by molar-refractivity contribution is 0.0771. The van der Waals surface area contributed by atoms with Crippen molar-refractivity contribution in [3.05, 3.63) is 17.8 Å². The molecule has 1 amide bonds. The second kappa shape index (κ2) is 6.62. The number of nitrogens with zero attached hydrogens (tertiary/aromatic N) is 4. The molecule has 20 heavy (non-hydrogen) atoms. The quantitative estimate of drug-likeness (QED) is 0.596. The number of likely N-dealkylation sites (N-methyl/N-ethyl adjacent to an activating group) is 1. The molecule has 1 aromatic heterocycles. The summed E-state index contributed by atoms with van der Waals surface area (Å²) in [5.74, 6) is 5.62. The summed E-state index contributed by atoms with van der Waals surface area (Å²) in [5.41, 5.74) is 2.76. The molecule has 2 rings (SSSR count). The molecular weight excluding hydrogens is 256 g/mol. The maximum Gasteiger partial charge on any atom is 0.274 e. The molecule has 7 nitrogen and oxygen atoms in total. The van der Waals surface area contributed by atoms with Gasteiger partial charge in [-0.15, -0.1) is 10.2 Å². The zero-order valence-electron chi connectivity index (χ0n) is 12.0. The molecule has 1 aliphatic rings. The number of likely N-dealkylation sites (tertiary alicyclic amines) is 1. The van der Waals surface area contributed by atoms with Crippen molar-refractivity contribution in [1.29, 1.82) is 0 Å². The minimum Gasteiger partial charge on any atom is -0.336 e. The topological polar surface area (TPSA) is 87.4 Å². The van der Waals surface area contributed by atoms with Crippen molar-refractivity contribution in [1.82, 2.24) is 20.0 Å². The van der Waals surface area contributed by atoms with Crippen LogP contribution in [0.5, 0.6) is 0 Å². The zero-order valence-corrected chi connectivity index (χ0v) is 12.0. The lowest BCUT2D eigenvalue weighted by Gasteiger charge is -2.26. The highest BCUT2D eigenvalue weighted by Crippen LogP contribution is 2.17. The summed E-state index contributed by atoms with van der Waals surface area (Å²) in [6, 6.07) is 3.75. The molecule has 7 heteroatoms. The third kappa shape index (κ3) is 3.05. The molecule has 0 aromatic carbocycles. The van der Waals surface area contributed by atoms with E-state index in [4.69, 9.17) is 5.84 Å². The number of aromatic nitrogens is 2. The van der Waals surface area contributed by atoms with E-state index in [1.54, 1.807) is 12.1 Å². The van der Waals surface area contributed by atoms with Gasteiger partial charge < -0.3 is 10.3 Å².